The Morgan fingerprint density at radius 2 is 2.11 bits per heavy atom. The number of carboxylic acid groups (broad SMARTS) is 1. The van der Waals surface area contributed by atoms with Gasteiger partial charge in [-0.15, -0.1) is 0 Å². The lowest BCUT2D eigenvalue weighted by Crippen LogP contribution is -2.41. The van der Waals surface area contributed by atoms with E-state index >= 15 is 0 Å². The molecule has 1 rings (SSSR count). The highest BCUT2D eigenvalue weighted by Gasteiger charge is 2.21. The average Bonchev–Trinajstić information content (AvgIpc) is 2.33. The topological polar surface area (TPSA) is 122 Å². The second-order valence-electron chi connectivity index (χ2n) is 4.03. The van der Waals surface area contributed by atoms with Crippen LogP contribution in [-0.2, 0) is 9.59 Å². The Morgan fingerprint density at radius 3 is 2.63 bits per heavy atom. The lowest BCUT2D eigenvalue weighted by molar-refractivity contribution is -0.139. The van der Waals surface area contributed by atoms with Crippen LogP contribution in [0.2, 0.25) is 0 Å². The van der Waals surface area contributed by atoms with Gasteiger partial charge >= 0.3 is 5.97 Å². The molecule has 0 unspecified atom stereocenters. The summed E-state index contributed by atoms with van der Waals surface area (Å²) in [4.78, 5) is 37.4. The Bertz CT molecular complexity index is 502. The number of nitrogens with zero attached hydrogens (tertiary/aromatic N) is 1. The number of primary amides is 1. The molecule has 19 heavy (non-hydrogen) atoms. The Hall–Kier alpha value is -2.44. The molecule has 0 aliphatic rings. The van der Waals surface area contributed by atoms with Crippen molar-refractivity contribution in [2.24, 2.45) is 5.73 Å². The van der Waals surface area contributed by atoms with Crippen molar-refractivity contribution in [1.82, 2.24) is 10.3 Å². The molecular weight excluding hydrogens is 250 g/mol. The number of nitrogens with one attached hydrogen (secondary N) is 1. The fourth-order valence-electron chi connectivity index (χ4n) is 1.45. The first kappa shape index (κ1) is 14.6. The molecule has 0 saturated carbocycles. The molecule has 7 nitrogen and oxygen atoms in total. The molecule has 0 aliphatic heterocycles. The van der Waals surface area contributed by atoms with Gasteiger partial charge in [-0.25, -0.2) is 9.78 Å². The van der Waals surface area contributed by atoms with E-state index in [0.29, 0.717) is 5.69 Å². The minimum Gasteiger partial charge on any atom is -0.480 e. The van der Waals surface area contributed by atoms with Crippen LogP contribution < -0.4 is 11.1 Å². The summed E-state index contributed by atoms with van der Waals surface area (Å²) >= 11 is 0. The SMILES string of the molecule is Cc1cccc(C(=O)N[C@H](CCC(N)=O)C(=O)O)n1. The molecule has 4 N–H and O–H groups in total. The Kier molecular flexibility index (Phi) is 4.99. The predicted octanol–water partition coefficient (Wildman–Crippen LogP) is -0.161. The number of carbonyl (C=O) groups excluding carboxylic acids is 2. The van der Waals surface area contributed by atoms with E-state index in [4.69, 9.17) is 10.8 Å². The smallest absolute Gasteiger partial charge is 0.326 e. The number of amides is 2. The zero-order valence-electron chi connectivity index (χ0n) is 10.4. The number of aryl methyl sites for hydroxylation is 1. The van der Waals surface area contributed by atoms with Gasteiger partial charge in [0.15, 0.2) is 0 Å². The first-order valence-electron chi connectivity index (χ1n) is 5.66. The van der Waals surface area contributed by atoms with Crippen molar-refractivity contribution in [3.05, 3.63) is 29.6 Å². The van der Waals surface area contributed by atoms with Gasteiger partial charge in [0, 0.05) is 12.1 Å². The van der Waals surface area contributed by atoms with Crippen LogP contribution in [0.3, 0.4) is 0 Å². The molecule has 1 aromatic rings. The molecule has 0 aromatic carbocycles. The predicted molar refractivity (Wildman–Crippen MR) is 66.3 cm³/mol. The quantitative estimate of drug-likeness (QED) is 0.659. The normalized spacial score (nSPS) is 11.6. The van der Waals surface area contributed by atoms with Gasteiger partial charge < -0.3 is 16.2 Å². The van der Waals surface area contributed by atoms with Gasteiger partial charge in [0.25, 0.3) is 5.91 Å². The number of aliphatic carboxylic acids is 1. The molecule has 0 fully saturated rings. The van der Waals surface area contributed by atoms with Gasteiger partial charge in [-0.2, -0.15) is 0 Å². The van der Waals surface area contributed by atoms with E-state index in [2.05, 4.69) is 10.3 Å². The molecular formula is C12H15N3O4. The maximum Gasteiger partial charge on any atom is 0.326 e. The van der Waals surface area contributed by atoms with Crippen LogP contribution >= 0.6 is 0 Å². The summed E-state index contributed by atoms with van der Waals surface area (Å²) in [6, 6.07) is 3.69. The largest absolute Gasteiger partial charge is 0.480 e. The summed E-state index contributed by atoms with van der Waals surface area (Å²) in [5.74, 6) is -2.43. The van der Waals surface area contributed by atoms with Crippen LogP contribution in [0.5, 0.6) is 0 Å². The van der Waals surface area contributed by atoms with E-state index < -0.39 is 23.8 Å². The third-order valence-corrected chi connectivity index (χ3v) is 2.40. The number of rotatable bonds is 6. The molecule has 1 atom stereocenters. The molecule has 102 valence electrons. The molecule has 7 heteroatoms. The Balaban J connectivity index is 2.71. The summed E-state index contributed by atoms with van der Waals surface area (Å²) in [7, 11) is 0. The number of carboxylic acids is 1. The van der Waals surface area contributed by atoms with Crippen molar-refractivity contribution < 1.29 is 19.5 Å². The van der Waals surface area contributed by atoms with Crippen LogP contribution in [-0.4, -0.2) is 33.9 Å². The molecule has 2 amide bonds. The van der Waals surface area contributed by atoms with Crippen molar-refractivity contribution in [3.8, 4) is 0 Å². The minimum absolute atomic E-state index is 0.0534. The van der Waals surface area contributed by atoms with Crippen molar-refractivity contribution in [3.63, 3.8) is 0 Å². The Labute approximate surface area is 109 Å². The maximum atomic E-state index is 11.8. The van der Waals surface area contributed by atoms with Gasteiger partial charge in [-0.3, -0.25) is 9.59 Å². The van der Waals surface area contributed by atoms with E-state index in [9.17, 15) is 14.4 Å². The molecule has 0 radical (unpaired) electrons. The van der Waals surface area contributed by atoms with Crippen molar-refractivity contribution in [2.75, 3.05) is 0 Å². The molecule has 0 aliphatic carbocycles. The third kappa shape index (κ3) is 4.74. The average molecular weight is 265 g/mol. The molecule has 0 spiro atoms. The van der Waals surface area contributed by atoms with E-state index in [1.807, 2.05) is 0 Å². The van der Waals surface area contributed by atoms with Gasteiger partial charge in [0.05, 0.1) is 0 Å². The van der Waals surface area contributed by atoms with Crippen molar-refractivity contribution in [2.45, 2.75) is 25.8 Å². The number of pyridine rings is 1. The fraction of sp³-hybridized carbons (Fsp3) is 0.333. The van der Waals surface area contributed by atoms with E-state index in [1.165, 1.54) is 6.07 Å². The molecule has 1 aromatic heterocycles. The monoisotopic (exact) mass is 265 g/mol. The van der Waals surface area contributed by atoms with E-state index in [1.54, 1.807) is 19.1 Å². The minimum atomic E-state index is -1.22. The van der Waals surface area contributed by atoms with E-state index in [0.717, 1.165) is 0 Å². The number of aromatic nitrogens is 1. The second-order valence-corrected chi connectivity index (χ2v) is 4.03. The van der Waals surface area contributed by atoms with Crippen LogP contribution in [0.15, 0.2) is 18.2 Å². The highest BCUT2D eigenvalue weighted by molar-refractivity contribution is 5.95. The molecule has 0 saturated heterocycles. The maximum absolute atomic E-state index is 11.8. The van der Waals surface area contributed by atoms with Gasteiger partial charge in [0.1, 0.15) is 11.7 Å². The number of carbonyl (C=O) groups is 3. The number of hydrogen-bond acceptors (Lipinski definition) is 4. The zero-order valence-corrected chi connectivity index (χ0v) is 10.4. The summed E-state index contributed by atoms with van der Waals surface area (Å²) < 4.78 is 0. The summed E-state index contributed by atoms with van der Waals surface area (Å²) in [6.45, 7) is 1.72. The van der Waals surface area contributed by atoms with Crippen LogP contribution in [0.1, 0.15) is 29.0 Å². The standard InChI is InChI=1S/C12H15N3O4/c1-7-3-2-4-8(14-7)11(17)15-9(12(18)19)5-6-10(13)16/h2-4,9H,5-6H2,1H3,(H2,13,16)(H,15,17)(H,18,19)/t9-/m1/s1. The van der Waals surface area contributed by atoms with Gasteiger partial charge in [-0.05, 0) is 25.5 Å². The first-order chi connectivity index (χ1) is 8.90. The Morgan fingerprint density at radius 1 is 1.42 bits per heavy atom. The zero-order chi connectivity index (χ0) is 14.4. The van der Waals surface area contributed by atoms with Crippen LogP contribution in [0.25, 0.3) is 0 Å². The number of nitrogens with two attached hydrogens (primary N) is 1. The number of hydrogen-bond donors (Lipinski definition) is 3. The van der Waals surface area contributed by atoms with Crippen LogP contribution in [0, 0.1) is 6.92 Å². The van der Waals surface area contributed by atoms with Crippen molar-refractivity contribution in [1.29, 1.82) is 0 Å². The third-order valence-electron chi connectivity index (χ3n) is 2.40. The summed E-state index contributed by atoms with van der Waals surface area (Å²) in [6.07, 6.45) is -0.166. The van der Waals surface area contributed by atoms with Gasteiger partial charge in [-0.1, -0.05) is 6.07 Å². The molecule has 0 bridgehead atoms. The lowest BCUT2D eigenvalue weighted by atomic mass is 10.1. The van der Waals surface area contributed by atoms with Gasteiger partial charge in [0.2, 0.25) is 5.91 Å². The summed E-state index contributed by atoms with van der Waals surface area (Å²) in [5, 5.41) is 11.3. The highest BCUT2D eigenvalue weighted by atomic mass is 16.4. The lowest BCUT2D eigenvalue weighted by Gasteiger charge is -2.13. The second kappa shape index (κ2) is 6.48. The highest BCUT2D eigenvalue weighted by Crippen LogP contribution is 2.02. The van der Waals surface area contributed by atoms with Crippen molar-refractivity contribution >= 4 is 17.8 Å². The first-order valence-corrected chi connectivity index (χ1v) is 5.66. The van der Waals surface area contributed by atoms with E-state index in [-0.39, 0.29) is 18.5 Å². The molecule has 1 heterocycles. The summed E-state index contributed by atoms with van der Waals surface area (Å²) in [5.41, 5.74) is 5.73. The fourth-order valence-corrected chi connectivity index (χ4v) is 1.45. The van der Waals surface area contributed by atoms with Crippen LogP contribution in [0.4, 0.5) is 0 Å².